The van der Waals surface area contributed by atoms with Gasteiger partial charge in [-0.25, -0.2) is 9.38 Å². The summed E-state index contributed by atoms with van der Waals surface area (Å²) in [6, 6.07) is 3.18. The monoisotopic (exact) mass is 387 g/mol. The summed E-state index contributed by atoms with van der Waals surface area (Å²) < 4.78 is 63.0. The topological polar surface area (TPSA) is 73.9 Å². The van der Waals surface area contributed by atoms with Crippen LogP contribution in [-0.2, 0) is 16.1 Å². The summed E-state index contributed by atoms with van der Waals surface area (Å²) in [6.07, 6.45) is -5.93. The third-order valence-corrected chi connectivity index (χ3v) is 3.45. The molecule has 0 aromatic carbocycles. The van der Waals surface area contributed by atoms with Gasteiger partial charge in [0.25, 0.3) is 0 Å². The van der Waals surface area contributed by atoms with Crippen LogP contribution in [0.5, 0.6) is 0 Å². The SMILES string of the molecule is C=N/C(O[C@H](C)C(F)(F)F)=C(F)\C=C(/C)c1ccc2nnc(COC)n2n1. The molecule has 0 aliphatic carbocycles. The maximum absolute atomic E-state index is 14.3. The van der Waals surface area contributed by atoms with Gasteiger partial charge in [-0.15, -0.1) is 10.2 Å². The fourth-order valence-electron chi connectivity index (χ4n) is 1.99. The van der Waals surface area contributed by atoms with Crippen LogP contribution in [0.1, 0.15) is 25.4 Å². The van der Waals surface area contributed by atoms with E-state index in [0.29, 0.717) is 22.7 Å². The highest BCUT2D eigenvalue weighted by Gasteiger charge is 2.38. The molecule has 0 saturated heterocycles. The van der Waals surface area contributed by atoms with E-state index in [2.05, 4.69) is 31.7 Å². The predicted octanol–water partition coefficient (Wildman–Crippen LogP) is 3.48. The Hall–Kier alpha value is -2.82. The first-order valence-corrected chi connectivity index (χ1v) is 7.66. The number of alkyl halides is 3. The number of aliphatic imine (C=N–C) groups is 1. The number of methoxy groups -OCH3 is 1. The van der Waals surface area contributed by atoms with Crippen molar-refractivity contribution in [1.29, 1.82) is 0 Å². The van der Waals surface area contributed by atoms with Crippen molar-refractivity contribution in [3.05, 3.63) is 41.4 Å². The first-order chi connectivity index (χ1) is 12.7. The maximum atomic E-state index is 14.3. The highest BCUT2D eigenvalue weighted by atomic mass is 19.4. The van der Waals surface area contributed by atoms with E-state index in [9.17, 15) is 17.6 Å². The lowest BCUT2D eigenvalue weighted by molar-refractivity contribution is -0.203. The maximum Gasteiger partial charge on any atom is 0.425 e. The molecule has 2 heterocycles. The minimum Gasteiger partial charge on any atom is -0.463 e. The number of nitrogens with zero attached hydrogens (tertiary/aromatic N) is 5. The van der Waals surface area contributed by atoms with E-state index in [1.807, 2.05) is 0 Å². The minimum absolute atomic E-state index is 0.169. The van der Waals surface area contributed by atoms with E-state index >= 15 is 0 Å². The van der Waals surface area contributed by atoms with Gasteiger partial charge in [-0.2, -0.15) is 22.8 Å². The van der Waals surface area contributed by atoms with Gasteiger partial charge in [-0.1, -0.05) is 0 Å². The molecule has 146 valence electrons. The quantitative estimate of drug-likeness (QED) is 0.315. The second-order valence-electron chi connectivity index (χ2n) is 5.48. The van der Waals surface area contributed by atoms with Gasteiger partial charge in [-0.05, 0) is 44.3 Å². The molecule has 0 fully saturated rings. The van der Waals surface area contributed by atoms with Crippen molar-refractivity contribution in [2.75, 3.05) is 7.11 Å². The number of ether oxygens (including phenoxy) is 2. The van der Waals surface area contributed by atoms with Crippen LogP contribution < -0.4 is 0 Å². The predicted molar refractivity (Wildman–Crippen MR) is 89.4 cm³/mol. The zero-order chi connectivity index (χ0) is 20.2. The zero-order valence-electron chi connectivity index (χ0n) is 14.8. The smallest absolute Gasteiger partial charge is 0.425 e. The van der Waals surface area contributed by atoms with Crippen molar-refractivity contribution in [2.45, 2.75) is 32.7 Å². The summed E-state index contributed by atoms with van der Waals surface area (Å²) in [5.41, 5.74) is 1.13. The lowest BCUT2D eigenvalue weighted by Crippen LogP contribution is -2.28. The van der Waals surface area contributed by atoms with E-state index in [1.54, 1.807) is 12.1 Å². The molecular formula is C16H17F4N5O2. The van der Waals surface area contributed by atoms with Gasteiger partial charge in [0.1, 0.15) is 6.61 Å². The number of hydrogen-bond acceptors (Lipinski definition) is 6. The Kier molecular flexibility index (Phi) is 6.26. The molecular weight excluding hydrogens is 370 g/mol. The fourth-order valence-corrected chi connectivity index (χ4v) is 1.99. The molecule has 0 aliphatic rings. The van der Waals surface area contributed by atoms with Crippen molar-refractivity contribution >= 4 is 17.9 Å². The molecule has 0 spiro atoms. The Labute approximate surface area is 152 Å². The molecule has 7 nitrogen and oxygen atoms in total. The number of halogens is 4. The summed E-state index contributed by atoms with van der Waals surface area (Å²) in [7, 11) is 1.49. The van der Waals surface area contributed by atoms with Gasteiger partial charge in [0.2, 0.25) is 5.88 Å². The summed E-state index contributed by atoms with van der Waals surface area (Å²) in [6.45, 7) is 5.49. The lowest BCUT2D eigenvalue weighted by atomic mass is 10.2. The molecule has 0 saturated carbocycles. The Balaban J connectivity index is 2.35. The molecule has 0 N–H and O–H groups in total. The van der Waals surface area contributed by atoms with E-state index < -0.39 is 24.0 Å². The van der Waals surface area contributed by atoms with Crippen LogP contribution in [0.25, 0.3) is 11.2 Å². The molecule has 0 bridgehead atoms. The van der Waals surface area contributed by atoms with Crippen LogP contribution in [-0.4, -0.2) is 45.9 Å². The van der Waals surface area contributed by atoms with Crippen LogP contribution in [0, 0.1) is 0 Å². The van der Waals surface area contributed by atoms with Crippen LogP contribution in [0.3, 0.4) is 0 Å². The van der Waals surface area contributed by atoms with Crippen LogP contribution in [0.2, 0.25) is 0 Å². The summed E-state index contributed by atoms with van der Waals surface area (Å²) >= 11 is 0. The highest BCUT2D eigenvalue weighted by Crippen LogP contribution is 2.27. The third-order valence-electron chi connectivity index (χ3n) is 3.45. The molecule has 27 heavy (non-hydrogen) atoms. The van der Waals surface area contributed by atoms with Crippen molar-refractivity contribution in [3.8, 4) is 0 Å². The lowest BCUT2D eigenvalue weighted by Gasteiger charge is -2.17. The van der Waals surface area contributed by atoms with Gasteiger partial charge in [0.05, 0.1) is 5.69 Å². The van der Waals surface area contributed by atoms with Gasteiger partial charge < -0.3 is 9.47 Å². The molecule has 2 aromatic rings. The van der Waals surface area contributed by atoms with Crippen molar-refractivity contribution in [1.82, 2.24) is 19.8 Å². The molecule has 0 amide bonds. The van der Waals surface area contributed by atoms with E-state index in [1.165, 1.54) is 18.5 Å². The average Bonchev–Trinajstić information content (AvgIpc) is 3.01. The number of rotatable bonds is 7. The first kappa shape index (κ1) is 20.5. The second-order valence-corrected chi connectivity index (χ2v) is 5.48. The van der Waals surface area contributed by atoms with Gasteiger partial charge in [-0.3, -0.25) is 0 Å². The fraction of sp³-hybridized carbons (Fsp3) is 0.375. The molecule has 11 heteroatoms. The Morgan fingerprint density at radius 3 is 2.67 bits per heavy atom. The second kappa shape index (κ2) is 8.25. The van der Waals surface area contributed by atoms with Gasteiger partial charge >= 0.3 is 6.18 Å². The van der Waals surface area contributed by atoms with Gasteiger partial charge in [0, 0.05) is 7.11 Å². The van der Waals surface area contributed by atoms with E-state index in [4.69, 9.17) is 4.74 Å². The van der Waals surface area contributed by atoms with Crippen LogP contribution in [0.4, 0.5) is 17.6 Å². The Morgan fingerprint density at radius 1 is 1.37 bits per heavy atom. The molecule has 2 aromatic heterocycles. The number of fused-ring (bicyclic) bond motifs is 1. The molecule has 0 radical (unpaired) electrons. The number of hydrogen-bond donors (Lipinski definition) is 0. The number of allylic oxidation sites excluding steroid dienone is 3. The van der Waals surface area contributed by atoms with E-state index in [0.717, 1.165) is 13.0 Å². The third kappa shape index (κ3) is 4.88. The molecule has 0 aliphatic heterocycles. The molecule has 0 unspecified atom stereocenters. The first-order valence-electron chi connectivity index (χ1n) is 7.66. The molecule has 1 atom stereocenters. The molecule has 2 rings (SSSR count). The van der Waals surface area contributed by atoms with Crippen molar-refractivity contribution < 1.29 is 27.0 Å². The standard InChI is InChI=1S/C16H17F4N5O2/c1-9(7-11(17)15(21-3)27-10(2)16(18,19)20)12-5-6-13-22-23-14(8-26-4)25(13)24-12/h5-7,10H,3,8H2,1-2,4H3/b9-7+,15-11-/t10-/m1/s1. The summed E-state index contributed by atoms with van der Waals surface area (Å²) in [4.78, 5) is 3.19. The largest absolute Gasteiger partial charge is 0.463 e. The minimum atomic E-state index is -4.66. The normalized spacial score (nSPS) is 14.9. The average molecular weight is 387 g/mol. The van der Waals surface area contributed by atoms with Crippen molar-refractivity contribution in [2.24, 2.45) is 4.99 Å². The Morgan fingerprint density at radius 2 is 2.07 bits per heavy atom. The van der Waals surface area contributed by atoms with Crippen LogP contribution in [0.15, 0.2) is 34.9 Å². The van der Waals surface area contributed by atoms with Crippen LogP contribution >= 0.6 is 0 Å². The summed E-state index contributed by atoms with van der Waals surface area (Å²) in [5.74, 6) is -1.53. The van der Waals surface area contributed by atoms with Crippen molar-refractivity contribution in [3.63, 3.8) is 0 Å². The number of aromatic nitrogens is 4. The zero-order valence-corrected chi connectivity index (χ0v) is 14.8. The highest BCUT2D eigenvalue weighted by molar-refractivity contribution is 5.63. The van der Waals surface area contributed by atoms with Gasteiger partial charge in [0.15, 0.2) is 23.4 Å². The van der Waals surface area contributed by atoms with E-state index in [-0.39, 0.29) is 6.61 Å². The Bertz CT molecular complexity index is 889. The summed E-state index contributed by atoms with van der Waals surface area (Å²) in [5, 5.41) is 12.1.